The molecule has 0 saturated carbocycles. The van der Waals surface area contributed by atoms with Crippen LogP contribution in [0.25, 0.3) is 0 Å². The molecule has 0 spiro atoms. The Morgan fingerprint density at radius 1 is 1.80 bits per heavy atom. The fourth-order valence-corrected chi connectivity index (χ4v) is 0.945. The van der Waals surface area contributed by atoms with Gasteiger partial charge in [-0.3, -0.25) is 11.7 Å². The second-order valence-electron chi connectivity index (χ2n) is 2.08. The quantitative estimate of drug-likeness (QED) is 0.324. The summed E-state index contributed by atoms with van der Waals surface area (Å²) in [5.74, 6) is 12.2. The van der Waals surface area contributed by atoms with E-state index in [-0.39, 0.29) is 0 Å². The van der Waals surface area contributed by atoms with Crippen LogP contribution in [0.1, 0.15) is 11.5 Å². The summed E-state index contributed by atoms with van der Waals surface area (Å²) in [6.07, 6.45) is 1.70. The van der Waals surface area contributed by atoms with E-state index in [1.807, 2.05) is 6.92 Å². The summed E-state index contributed by atoms with van der Waals surface area (Å²) in [5, 5.41) is 0. The van der Waals surface area contributed by atoms with E-state index in [4.69, 9.17) is 23.3 Å². The highest BCUT2D eigenvalue weighted by atomic mass is 35.5. The van der Waals surface area contributed by atoms with Gasteiger partial charge < -0.3 is 0 Å². The van der Waals surface area contributed by atoms with Crippen molar-refractivity contribution in [1.82, 2.24) is 4.68 Å². The molecule has 1 aromatic rings. The van der Waals surface area contributed by atoms with Crippen molar-refractivity contribution in [3.05, 3.63) is 17.7 Å². The van der Waals surface area contributed by atoms with Crippen LogP contribution in [0.2, 0.25) is 0 Å². The van der Waals surface area contributed by atoms with Gasteiger partial charge in [0.15, 0.2) is 11.9 Å². The van der Waals surface area contributed by atoms with Crippen molar-refractivity contribution in [2.45, 2.75) is 12.8 Å². The largest absolute Gasteiger partial charge is 0.299 e. The minimum Gasteiger partial charge on any atom is -0.269 e. The maximum atomic E-state index is 5.55. The molecule has 0 aliphatic rings. The Kier molecular flexibility index (Phi) is 1.72. The van der Waals surface area contributed by atoms with Crippen LogP contribution >= 0.6 is 11.6 Å². The number of alkyl halides is 1. The lowest BCUT2D eigenvalue weighted by atomic mass is 10.5. The minimum absolute atomic E-state index is 0.377. The van der Waals surface area contributed by atoms with Gasteiger partial charge in [0.2, 0.25) is 0 Å². The van der Waals surface area contributed by atoms with E-state index >= 15 is 0 Å². The Balaban J connectivity index is 3.17. The number of halogens is 1. The molecule has 0 radical (unpaired) electrons. The van der Waals surface area contributed by atoms with Gasteiger partial charge in [0.05, 0.1) is 5.88 Å². The second-order valence-corrected chi connectivity index (χ2v) is 2.35. The average Bonchev–Trinajstić information content (AvgIpc) is 2.17. The van der Waals surface area contributed by atoms with Gasteiger partial charge in [0, 0.05) is 6.92 Å². The zero-order chi connectivity index (χ0) is 7.72. The number of aromatic nitrogens is 2. The normalized spacial score (nSPS) is 10.2. The Hall–Kier alpha value is -0.900. The van der Waals surface area contributed by atoms with E-state index in [0.29, 0.717) is 5.88 Å². The molecule has 0 atom stereocenters. The molecule has 56 valence electrons. The van der Waals surface area contributed by atoms with Crippen LogP contribution < -0.4 is 16.4 Å². The first-order valence-corrected chi connectivity index (χ1v) is 3.39. The number of rotatable bonds is 1. The van der Waals surface area contributed by atoms with Crippen molar-refractivity contribution in [2.24, 2.45) is 0 Å². The molecule has 1 heterocycles. The van der Waals surface area contributed by atoms with E-state index in [1.165, 1.54) is 9.35 Å². The highest BCUT2D eigenvalue weighted by molar-refractivity contribution is 6.16. The third kappa shape index (κ3) is 0.903. The Morgan fingerprint density at radius 2 is 2.40 bits per heavy atom. The molecule has 0 aliphatic heterocycles. The highest BCUT2D eigenvalue weighted by Gasteiger charge is 2.14. The molecule has 4 N–H and O–H groups in total. The Labute approximate surface area is 63.9 Å². The SMILES string of the molecule is Cc1n(N)c(CCl)c[n+]1N. The summed E-state index contributed by atoms with van der Waals surface area (Å²) >= 11 is 5.55. The second kappa shape index (κ2) is 2.38. The Morgan fingerprint density at radius 3 is 2.60 bits per heavy atom. The first-order valence-electron chi connectivity index (χ1n) is 2.85. The van der Waals surface area contributed by atoms with Gasteiger partial charge >= 0.3 is 0 Å². The zero-order valence-corrected chi connectivity index (χ0v) is 6.47. The molecule has 0 bridgehead atoms. The van der Waals surface area contributed by atoms with Crippen LogP contribution in [0.3, 0.4) is 0 Å². The molecule has 4 nitrogen and oxygen atoms in total. The molecule has 5 heteroatoms. The summed E-state index contributed by atoms with van der Waals surface area (Å²) in [4.78, 5) is 0. The Bertz CT molecular complexity index is 242. The molecule has 1 aromatic heterocycles. The highest BCUT2D eigenvalue weighted by Crippen LogP contribution is 1.99. The van der Waals surface area contributed by atoms with Crippen molar-refractivity contribution in [3.63, 3.8) is 0 Å². The lowest BCUT2D eigenvalue weighted by Gasteiger charge is -1.88. The molecule has 0 amide bonds. The molecule has 0 saturated heterocycles. The van der Waals surface area contributed by atoms with Crippen LogP contribution in [0.4, 0.5) is 0 Å². The van der Waals surface area contributed by atoms with Crippen LogP contribution in [0.15, 0.2) is 6.20 Å². The fraction of sp³-hybridized carbons (Fsp3) is 0.400. The van der Waals surface area contributed by atoms with Crippen molar-refractivity contribution < 1.29 is 4.68 Å². The van der Waals surface area contributed by atoms with Gasteiger partial charge in [-0.25, -0.2) is 0 Å². The molecule has 0 fully saturated rings. The summed E-state index contributed by atoms with van der Waals surface area (Å²) < 4.78 is 2.91. The van der Waals surface area contributed by atoms with Crippen LogP contribution in [0, 0.1) is 6.92 Å². The van der Waals surface area contributed by atoms with Crippen molar-refractivity contribution in [3.8, 4) is 0 Å². The maximum absolute atomic E-state index is 5.55. The number of nitrogens with zero attached hydrogens (tertiary/aromatic N) is 2. The van der Waals surface area contributed by atoms with Crippen molar-refractivity contribution >= 4 is 11.6 Å². The van der Waals surface area contributed by atoms with Gasteiger partial charge in [-0.15, -0.1) is 21.0 Å². The molecule has 0 aliphatic carbocycles. The van der Waals surface area contributed by atoms with Crippen molar-refractivity contribution in [2.75, 3.05) is 11.7 Å². The lowest BCUT2D eigenvalue weighted by molar-refractivity contribution is -0.645. The van der Waals surface area contributed by atoms with Crippen molar-refractivity contribution in [1.29, 1.82) is 0 Å². The van der Waals surface area contributed by atoms with E-state index in [1.54, 1.807) is 6.20 Å². The van der Waals surface area contributed by atoms with Gasteiger partial charge in [-0.1, -0.05) is 0 Å². The number of nitrogen functional groups attached to an aromatic ring is 2. The predicted octanol–water partition coefficient (Wildman–Crippen LogP) is -0.750. The van der Waals surface area contributed by atoms with Crippen LogP contribution in [0.5, 0.6) is 0 Å². The molecule has 0 aromatic carbocycles. The first kappa shape index (κ1) is 7.21. The summed E-state index contributed by atoms with van der Waals surface area (Å²) in [5.41, 5.74) is 0.807. The van der Waals surface area contributed by atoms with E-state index < -0.39 is 0 Å². The summed E-state index contributed by atoms with van der Waals surface area (Å²) in [6.45, 7) is 1.82. The molecule has 1 rings (SSSR count). The van der Waals surface area contributed by atoms with E-state index in [0.717, 1.165) is 11.5 Å². The maximum Gasteiger partial charge on any atom is 0.299 e. The molecular weight excluding hydrogens is 152 g/mol. The third-order valence-corrected chi connectivity index (χ3v) is 1.73. The topological polar surface area (TPSA) is 60.8 Å². The standard InChI is InChI=1S/C5H10ClN4/c1-4-9(7)3-5(2-6)10(4)8/h3H,2,7-8H2,1H3/q+1. The molecular formula is C5H10ClN4+. The number of imidazole rings is 1. The monoisotopic (exact) mass is 161 g/mol. The van der Waals surface area contributed by atoms with E-state index in [2.05, 4.69) is 0 Å². The van der Waals surface area contributed by atoms with Gasteiger partial charge in [-0.2, -0.15) is 0 Å². The van der Waals surface area contributed by atoms with Gasteiger partial charge in [0.25, 0.3) is 5.82 Å². The third-order valence-electron chi connectivity index (χ3n) is 1.46. The number of nitrogens with two attached hydrogens (primary N) is 2. The summed E-state index contributed by atoms with van der Waals surface area (Å²) in [6, 6.07) is 0. The van der Waals surface area contributed by atoms with Gasteiger partial charge in [0.1, 0.15) is 0 Å². The van der Waals surface area contributed by atoms with Crippen LogP contribution in [-0.2, 0) is 5.88 Å². The van der Waals surface area contributed by atoms with Gasteiger partial charge in [-0.05, 0) is 0 Å². The number of hydrogen-bond donors (Lipinski definition) is 2. The van der Waals surface area contributed by atoms with Crippen LogP contribution in [-0.4, -0.2) is 4.68 Å². The fourth-order valence-electron chi connectivity index (χ4n) is 0.747. The smallest absolute Gasteiger partial charge is 0.269 e. The number of hydrogen-bond acceptors (Lipinski definition) is 2. The zero-order valence-electron chi connectivity index (χ0n) is 5.71. The van der Waals surface area contributed by atoms with E-state index in [9.17, 15) is 0 Å². The summed E-state index contributed by atoms with van der Waals surface area (Å²) in [7, 11) is 0. The molecule has 0 unspecified atom stereocenters. The minimum atomic E-state index is 0.377. The first-order chi connectivity index (χ1) is 4.66. The lowest BCUT2D eigenvalue weighted by Crippen LogP contribution is -2.46. The average molecular weight is 162 g/mol. The predicted molar refractivity (Wildman–Crippen MR) is 39.2 cm³/mol. The molecule has 10 heavy (non-hydrogen) atoms.